The molecule has 0 saturated heterocycles. The van der Waals surface area contributed by atoms with Gasteiger partial charge in [0, 0.05) is 26.0 Å². The van der Waals surface area contributed by atoms with Crippen LogP contribution < -0.4 is 5.73 Å². The number of nitrogens with zero attached hydrogens (tertiary/aromatic N) is 2. The number of rotatable bonds is 6. The number of carbonyl (C=O) groups excluding carboxylic acids is 1. The molecule has 1 rings (SSSR count). The van der Waals surface area contributed by atoms with Crippen molar-refractivity contribution < 1.29 is 4.79 Å². The van der Waals surface area contributed by atoms with Gasteiger partial charge in [-0.15, -0.1) is 0 Å². The van der Waals surface area contributed by atoms with Gasteiger partial charge in [0.25, 0.3) is 0 Å². The van der Waals surface area contributed by atoms with Crippen molar-refractivity contribution in [1.29, 1.82) is 0 Å². The Kier molecular flexibility index (Phi) is 5.42. The van der Waals surface area contributed by atoms with Crippen molar-refractivity contribution in [2.75, 3.05) is 7.05 Å². The summed E-state index contributed by atoms with van der Waals surface area (Å²) in [4.78, 5) is 18.6. The van der Waals surface area contributed by atoms with E-state index in [1.807, 2.05) is 26.0 Å². The lowest BCUT2D eigenvalue weighted by molar-refractivity contribution is -0.137. The van der Waals surface area contributed by atoms with Gasteiger partial charge in [-0.3, -0.25) is 9.78 Å². The van der Waals surface area contributed by atoms with Crippen molar-refractivity contribution in [1.82, 2.24) is 9.88 Å². The van der Waals surface area contributed by atoms with Gasteiger partial charge in [0.05, 0.1) is 10.4 Å². The average molecular weight is 279 g/mol. The summed E-state index contributed by atoms with van der Waals surface area (Å²) in [5, 5.41) is 0. The van der Waals surface area contributed by atoms with E-state index in [1.54, 1.807) is 24.3 Å². The van der Waals surface area contributed by atoms with E-state index in [4.69, 9.17) is 18.0 Å². The zero-order chi connectivity index (χ0) is 14.5. The highest BCUT2D eigenvalue weighted by atomic mass is 32.1. The highest BCUT2D eigenvalue weighted by molar-refractivity contribution is 7.80. The Morgan fingerprint density at radius 2 is 2.11 bits per heavy atom. The minimum Gasteiger partial charge on any atom is -0.392 e. The Labute approximate surface area is 120 Å². The van der Waals surface area contributed by atoms with Crippen LogP contribution in [0, 0.1) is 5.41 Å². The van der Waals surface area contributed by atoms with Gasteiger partial charge >= 0.3 is 0 Å². The van der Waals surface area contributed by atoms with E-state index in [0.717, 1.165) is 5.56 Å². The summed E-state index contributed by atoms with van der Waals surface area (Å²) in [7, 11) is 1.77. The molecular weight excluding hydrogens is 258 g/mol. The smallest absolute Gasteiger partial charge is 0.235 e. The molecule has 2 N–H and O–H groups in total. The molecule has 0 aliphatic heterocycles. The second-order valence-corrected chi connectivity index (χ2v) is 5.12. The SMILES string of the molecule is CCC(CC)(C(=O)N(C)Cc1cccnc1)C(N)=S. The lowest BCUT2D eigenvalue weighted by atomic mass is 9.80. The first-order valence-corrected chi connectivity index (χ1v) is 6.83. The summed E-state index contributed by atoms with van der Waals surface area (Å²) >= 11 is 5.11. The quantitative estimate of drug-likeness (QED) is 0.810. The summed E-state index contributed by atoms with van der Waals surface area (Å²) in [5.41, 5.74) is 6.05. The third-order valence-corrected chi connectivity index (χ3v) is 3.97. The predicted octanol–water partition coefficient (Wildman–Crippen LogP) is 2.13. The van der Waals surface area contributed by atoms with Crippen LogP contribution >= 0.6 is 12.2 Å². The number of hydrogen-bond acceptors (Lipinski definition) is 3. The molecule has 0 saturated carbocycles. The van der Waals surface area contributed by atoms with Crippen LogP contribution in [-0.2, 0) is 11.3 Å². The van der Waals surface area contributed by atoms with Crippen LogP contribution in [0.15, 0.2) is 24.5 Å². The second kappa shape index (κ2) is 6.61. The zero-order valence-electron chi connectivity index (χ0n) is 11.7. The van der Waals surface area contributed by atoms with Crippen LogP contribution in [0.3, 0.4) is 0 Å². The lowest BCUT2D eigenvalue weighted by Gasteiger charge is -2.33. The molecule has 4 nitrogen and oxygen atoms in total. The van der Waals surface area contributed by atoms with Crippen molar-refractivity contribution >= 4 is 23.1 Å². The maximum absolute atomic E-state index is 12.6. The first kappa shape index (κ1) is 15.6. The number of aromatic nitrogens is 1. The monoisotopic (exact) mass is 279 g/mol. The second-order valence-electron chi connectivity index (χ2n) is 4.68. The fraction of sp³-hybridized carbons (Fsp3) is 0.500. The number of thiocarbonyl (C=S) groups is 1. The molecule has 0 radical (unpaired) electrons. The molecular formula is C14H21N3OS. The molecule has 19 heavy (non-hydrogen) atoms. The number of amides is 1. The minimum atomic E-state index is -0.730. The Morgan fingerprint density at radius 3 is 2.53 bits per heavy atom. The predicted molar refractivity (Wildman–Crippen MR) is 80.5 cm³/mol. The standard InChI is InChI=1S/C14H21N3OS/c1-4-14(5-2,12(15)19)13(18)17(3)10-11-7-6-8-16-9-11/h6-9H,4-5,10H2,1-3H3,(H2,15,19). The van der Waals surface area contributed by atoms with Crippen LogP contribution in [0.5, 0.6) is 0 Å². The van der Waals surface area contributed by atoms with E-state index < -0.39 is 5.41 Å². The lowest BCUT2D eigenvalue weighted by Crippen LogP contribution is -2.48. The molecule has 0 unspecified atom stereocenters. The van der Waals surface area contributed by atoms with Crippen molar-refractivity contribution in [2.24, 2.45) is 11.1 Å². The summed E-state index contributed by atoms with van der Waals surface area (Å²) in [6, 6.07) is 3.80. The zero-order valence-corrected chi connectivity index (χ0v) is 12.5. The molecule has 0 aliphatic carbocycles. The molecule has 0 spiro atoms. The Balaban J connectivity index is 2.89. The van der Waals surface area contributed by atoms with E-state index in [2.05, 4.69) is 4.98 Å². The fourth-order valence-electron chi connectivity index (χ4n) is 2.21. The highest BCUT2D eigenvalue weighted by Crippen LogP contribution is 2.29. The van der Waals surface area contributed by atoms with Gasteiger partial charge in [-0.05, 0) is 24.5 Å². The van der Waals surface area contributed by atoms with E-state index in [-0.39, 0.29) is 10.9 Å². The highest BCUT2D eigenvalue weighted by Gasteiger charge is 2.39. The van der Waals surface area contributed by atoms with E-state index >= 15 is 0 Å². The third kappa shape index (κ3) is 3.29. The normalized spacial score (nSPS) is 11.1. The molecule has 0 fully saturated rings. The molecule has 0 aromatic carbocycles. The number of carbonyl (C=O) groups is 1. The van der Waals surface area contributed by atoms with Crippen LogP contribution in [0.1, 0.15) is 32.3 Å². The van der Waals surface area contributed by atoms with Crippen LogP contribution in [0.25, 0.3) is 0 Å². The topological polar surface area (TPSA) is 59.2 Å². The van der Waals surface area contributed by atoms with Crippen molar-refractivity contribution in [2.45, 2.75) is 33.2 Å². The van der Waals surface area contributed by atoms with Gasteiger partial charge in [0.1, 0.15) is 0 Å². The van der Waals surface area contributed by atoms with Crippen molar-refractivity contribution in [3.8, 4) is 0 Å². The summed E-state index contributed by atoms with van der Waals surface area (Å²) in [6.45, 7) is 4.40. The number of pyridine rings is 1. The Bertz CT molecular complexity index is 443. The first-order valence-electron chi connectivity index (χ1n) is 6.42. The molecule has 1 aromatic rings. The van der Waals surface area contributed by atoms with Crippen LogP contribution in [0.4, 0.5) is 0 Å². The molecule has 1 heterocycles. The van der Waals surface area contributed by atoms with E-state index in [9.17, 15) is 4.79 Å². The summed E-state index contributed by atoms with van der Waals surface area (Å²) in [5.74, 6) is -0.0196. The maximum atomic E-state index is 12.6. The third-order valence-electron chi connectivity index (χ3n) is 3.58. The van der Waals surface area contributed by atoms with Gasteiger partial charge < -0.3 is 10.6 Å². The van der Waals surface area contributed by atoms with Crippen LogP contribution in [0.2, 0.25) is 0 Å². The number of nitrogens with two attached hydrogens (primary N) is 1. The van der Waals surface area contributed by atoms with Crippen molar-refractivity contribution in [3.63, 3.8) is 0 Å². The van der Waals surface area contributed by atoms with Gasteiger partial charge in [0.2, 0.25) is 5.91 Å². The molecule has 1 amide bonds. The fourth-order valence-corrected chi connectivity index (χ4v) is 2.58. The molecule has 5 heteroatoms. The van der Waals surface area contributed by atoms with Crippen LogP contribution in [-0.4, -0.2) is 27.8 Å². The Morgan fingerprint density at radius 1 is 1.47 bits per heavy atom. The number of hydrogen-bond donors (Lipinski definition) is 1. The largest absolute Gasteiger partial charge is 0.392 e. The first-order chi connectivity index (χ1) is 8.97. The average Bonchev–Trinajstić information content (AvgIpc) is 2.41. The molecule has 0 atom stereocenters. The Hall–Kier alpha value is -1.49. The van der Waals surface area contributed by atoms with E-state index in [0.29, 0.717) is 19.4 Å². The molecule has 0 aliphatic rings. The van der Waals surface area contributed by atoms with E-state index in [1.165, 1.54) is 0 Å². The maximum Gasteiger partial charge on any atom is 0.235 e. The minimum absolute atomic E-state index is 0.0196. The molecule has 0 bridgehead atoms. The van der Waals surface area contributed by atoms with Crippen molar-refractivity contribution in [3.05, 3.63) is 30.1 Å². The molecule has 1 aromatic heterocycles. The summed E-state index contributed by atoms with van der Waals surface area (Å²) < 4.78 is 0. The van der Waals surface area contributed by atoms with Gasteiger partial charge in [-0.2, -0.15) is 0 Å². The van der Waals surface area contributed by atoms with Gasteiger partial charge in [0.15, 0.2) is 0 Å². The van der Waals surface area contributed by atoms with Gasteiger partial charge in [-0.1, -0.05) is 32.1 Å². The van der Waals surface area contributed by atoms with Gasteiger partial charge in [-0.25, -0.2) is 0 Å². The molecule has 104 valence electrons. The summed E-state index contributed by atoms with van der Waals surface area (Å²) in [6.07, 6.45) is 4.71.